The molecule has 0 aliphatic heterocycles. The molecule has 0 radical (unpaired) electrons. The van der Waals surface area contributed by atoms with E-state index in [1.54, 1.807) is 7.11 Å². The van der Waals surface area contributed by atoms with Crippen molar-refractivity contribution in [1.29, 1.82) is 0 Å². The first-order chi connectivity index (χ1) is 7.56. The van der Waals surface area contributed by atoms with E-state index >= 15 is 0 Å². The first kappa shape index (κ1) is 13.0. The molecule has 1 aromatic rings. The Morgan fingerprint density at radius 3 is 2.44 bits per heavy atom. The largest absolute Gasteiger partial charge is 0.496 e. The topological polar surface area (TPSA) is 21.3 Å². The van der Waals surface area contributed by atoms with Gasteiger partial charge in [0.2, 0.25) is 0 Å². The lowest BCUT2D eigenvalue weighted by Crippen LogP contribution is -2.25. The zero-order valence-corrected chi connectivity index (χ0v) is 11.1. The van der Waals surface area contributed by atoms with Crippen molar-refractivity contribution in [3.05, 3.63) is 28.8 Å². The van der Waals surface area contributed by atoms with Crippen LogP contribution in [0.2, 0.25) is 0 Å². The van der Waals surface area contributed by atoms with Gasteiger partial charge in [-0.05, 0) is 49.6 Å². The Morgan fingerprint density at radius 1 is 1.19 bits per heavy atom. The van der Waals surface area contributed by atoms with E-state index in [-0.39, 0.29) is 0 Å². The SMILES string of the molecule is COc1ccc(CCNC(C)C)c(C)c1C. The van der Waals surface area contributed by atoms with Gasteiger partial charge in [0.1, 0.15) is 5.75 Å². The Labute approximate surface area is 99.0 Å². The lowest BCUT2D eigenvalue weighted by Gasteiger charge is -2.13. The average molecular weight is 221 g/mol. The van der Waals surface area contributed by atoms with Crippen molar-refractivity contribution in [1.82, 2.24) is 5.32 Å². The molecule has 0 unspecified atom stereocenters. The number of hydrogen-bond donors (Lipinski definition) is 1. The summed E-state index contributed by atoms with van der Waals surface area (Å²) in [6.45, 7) is 9.67. The normalized spacial score (nSPS) is 10.9. The highest BCUT2D eigenvalue weighted by atomic mass is 16.5. The maximum absolute atomic E-state index is 5.31. The molecule has 0 heterocycles. The molecule has 0 saturated carbocycles. The molecule has 0 spiro atoms. The van der Waals surface area contributed by atoms with Crippen LogP contribution in [0.15, 0.2) is 12.1 Å². The summed E-state index contributed by atoms with van der Waals surface area (Å²) in [7, 11) is 1.72. The molecule has 0 amide bonds. The van der Waals surface area contributed by atoms with Crippen molar-refractivity contribution in [3.8, 4) is 5.75 Å². The number of methoxy groups -OCH3 is 1. The molecular weight excluding hydrogens is 198 g/mol. The molecule has 2 nitrogen and oxygen atoms in total. The number of hydrogen-bond acceptors (Lipinski definition) is 2. The third kappa shape index (κ3) is 3.24. The predicted molar refractivity (Wildman–Crippen MR) is 69.3 cm³/mol. The standard InChI is InChI=1S/C14H23NO/c1-10(2)15-9-8-13-6-7-14(16-5)12(4)11(13)3/h6-7,10,15H,8-9H2,1-5H3. The van der Waals surface area contributed by atoms with Crippen LogP contribution in [0.5, 0.6) is 5.75 Å². The Hall–Kier alpha value is -1.02. The minimum atomic E-state index is 0.555. The predicted octanol–water partition coefficient (Wildman–Crippen LogP) is 2.85. The third-order valence-corrected chi connectivity index (χ3v) is 3.02. The first-order valence-electron chi connectivity index (χ1n) is 5.92. The van der Waals surface area contributed by atoms with Gasteiger partial charge in [-0.25, -0.2) is 0 Å². The van der Waals surface area contributed by atoms with E-state index < -0.39 is 0 Å². The van der Waals surface area contributed by atoms with Gasteiger partial charge in [0.25, 0.3) is 0 Å². The summed E-state index contributed by atoms with van der Waals surface area (Å²) in [5.74, 6) is 0.984. The van der Waals surface area contributed by atoms with Crippen LogP contribution in [-0.4, -0.2) is 19.7 Å². The molecule has 1 rings (SSSR count). The van der Waals surface area contributed by atoms with E-state index in [0.29, 0.717) is 6.04 Å². The summed E-state index contributed by atoms with van der Waals surface area (Å²) in [5, 5.41) is 3.44. The van der Waals surface area contributed by atoms with Crippen LogP contribution < -0.4 is 10.1 Å². The monoisotopic (exact) mass is 221 g/mol. The van der Waals surface area contributed by atoms with E-state index in [1.807, 2.05) is 0 Å². The van der Waals surface area contributed by atoms with Gasteiger partial charge in [0.05, 0.1) is 7.11 Å². The molecule has 90 valence electrons. The molecule has 0 aliphatic rings. The highest BCUT2D eigenvalue weighted by Crippen LogP contribution is 2.23. The van der Waals surface area contributed by atoms with Gasteiger partial charge in [0.15, 0.2) is 0 Å². The molecule has 1 N–H and O–H groups in total. The number of nitrogens with one attached hydrogen (secondary N) is 1. The molecule has 0 bridgehead atoms. The van der Waals surface area contributed by atoms with Crippen molar-refractivity contribution < 1.29 is 4.74 Å². The third-order valence-electron chi connectivity index (χ3n) is 3.02. The minimum absolute atomic E-state index is 0.555. The summed E-state index contributed by atoms with van der Waals surface area (Å²) in [5.41, 5.74) is 4.01. The highest BCUT2D eigenvalue weighted by Gasteiger charge is 2.06. The first-order valence-corrected chi connectivity index (χ1v) is 5.92. The Balaban J connectivity index is 2.71. The van der Waals surface area contributed by atoms with Gasteiger partial charge in [-0.15, -0.1) is 0 Å². The van der Waals surface area contributed by atoms with Crippen LogP contribution in [0.1, 0.15) is 30.5 Å². The fourth-order valence-electron chi connectivity index (χ4n) is 1.84. The van der Waals surface area contributed by atoms with Gasteiger partial charge < -0.3 is 10.1 Å². The molecule has 0 fully saturated rings. The zero-order chi connectivity index (χ0) is 12.1. The number of rotatable bonds is 5. The van der Waals surface area contributed by atoms with Crippen LogP contribution >= 0.6 is 0 Å². The smallest absolute Gasteiger partial charge is 0.122 e. The van der Waals surface area contributed by atoms with E-state index in [1.165, 1.54) is 16.7 Å². The second-order valence-electron chi connectivity index (χ2n) is 4.54. The van der Waals surface area contributed by atoms with Crippen molar-refractivity contribution in [2.75, 3.05) is 13.7 Å². The Bertz CT molecular complexity index is 345. The molecule has 16 heavy (non-hydrogen) atoms. The van der Waals surface area contributed by atoms with Crippen LogP contribution in [0, 0.1) is 13.8 Å². The fraction of sp³-hybridized carbons (Fsp3) is 0.571. The second-order valence-corrected chi connectivity index (χ2v) is 4.54. The van der Waals surface area contributed by atoms with Crippen LogP contribution in [0.3, 0.4) is 0 Å². The maximum Gasteiger partial charge on any atom is 0.122 e. The lowest BCUT2D eigenvalue weighted by molar-refractivity contribution is 0.411. The van der Waals surface area contributed by atoms with Crippen LogP contribution in [0.25, 0.3) is 0 Å². The molecule has 0 atom stereocenters. The van der Waals surface area contributed by atoms with E-state index in [4.69, 9.17) is 4.74 Å². The fourth-order valence-corrected chi connectivity index (χ4v) is 1.84. The number of benzene rings is 1. The summed E-state index contributed by atoms with van der Waals surface area (Å²) >= 11 is 0. The van der Waals surface area contributed by atoms with Gasteiger partial charge in [-0.2, -0.15) is 0 Å². The number of ether oxygens (including phenoxy) is 1. The molecule has 1 aromatic carbocycles. The van der Waals surface area contributed by atoms with Gasteiger partial charge in [-0.3, -0.25) is 0 Å². The molecule has 0 saturated heterocycles. The quantitative estimate of drug-likeness (QED) is 0.825. The van der Waals surface area contributed by atoms with Gasteiger partial charge >= 0.3 is 0 Å². The summed E-state index contributed by atoms with van der Waals surface area (Å²) < 4.78 is 5.31. The second kappa shape index (κ2) is 5.90. The minimum Gasteiger partial charge on any atom is -0.496 e. The Morgan fingerprint density at radius 2 is 1.88 bits per heavy atom. The summed E-state index contributed by atoms with van der Waals surface area (Å²) in [6.07, 6.45) is 1.08. The molecule has 2 heteroatoms. The van der Waals surface area contributed by atoms with Crippen molar-refractivity contribution in [2.45, 2.75) is 40.2 Å². The summed E-state index contributed by atoms with van der Waals surface area (Å²) in [4.78, 5) is 0. The molecule has 0 aliphatic carbocycles. The van der Waals surface area contributed by atoms with Crippen molar-refractivity contribution in [3.63, 3.8) is 0 Å². The van der Waals surface area contributed by atoms with E-state index in [0.717, 1.165) is 18.7 Å². The lowest BCUT2D eigenvalue weighted by atomic mass is 10.00. The average Bonchev–Trinajstić information content (AvgIpc) is 2.24. The van der Waals surface area contributed by atoms with E-state index in [9.17, 15) is 0 Å². The van der Waals surface area contributed by atoms with Crippen molar-refractivity contribution in [2.24, 2.45) is 0 Å². The van der Waals surface area contributed by atoms with Crippen LogP contribution in [-0.2, 0) is 6.42 Å². The van der Waals surface area contributed by atoms with Gasteiger partial charge in [-0.1, -0.05) is 19.9 Å². The zero-order valence-electron chi connectivity index (χ0n) is 11.1. The highest BCUT2D eigenvalue weighted by molar-refractivity contribution is 5.43. The summed E-state index contributed by atoms with van der Waals surface area (Å²) in [6, 6.07) is 4.79. The van der Waals surface area contributed by atoms with Crippen molar-refractivity contribution >= 4 is 0 Å². The molecular formula is C14H23NO. The van der Waals surface area contributed by atoms with E-state index in [2.05, 4.69) is 45.1 Å². The Kier molecular flexibility index (Phi) is 4.81. The maximum atomic E-state index is 5.31. The van der Waals surface area contributed by atoms with Gasteiger partial charge in [0, 0.05) is 6.04 Å². The van der Waals surface area contributed by atoms with Crippen LogP contribution in [0.4, 0.5) is 0 Å². The molecule has 0 aromatic heterocycles.